The maximum Gasteiger partial charge on any atom is 0.258 e. The molecule has 1 atom stereocenters. The van der Waals surface area contributed by atoms with Crippen molar-refractivity contribution in [1.82, 2.24) is 5.32 Å². The Kier molecular flexibility index (Phi) is 5.88. The van der Waals surface area contributed by atoms with Crippen molar-refractivity contribution in [3.63, 3.8) is 0 Å². The van der Waals surface area contributed by atoms with E-state index in [-0.39, 0.29) is 30.3 Å². The SMILES string of the molecule is Cc1ccc(F)c(N2CCCC(NC(=O)COc3ccc4c(c3)CCC(=O)N4)C2)c1. The van der Waals surface area contributed by atoms with E-state index in [1.165, 1.54) is 6.07 Å². The predicted octanol–water partition coefficient (Wildman–Crippen LogP) is 3.18. The first-order valence-electron chi connectivity index (χ1n) is 10.3. The molecule has 2 amide bonds. The maximum atomic E-state index is 14.2. The summed E-state index contributed by atoms with van der Waals surface area (Å²) in [6, 6.07) is 10.5. The van der Waals surface area contributed by atoms with Gasteiger partial charge in [0, 0.05) is 31.2 Å². The Balaban J connectivity index is 1.31. The van der Waals surface area contributed by atoms with E-state index >= 15 is 0 Å². The number of amides is 2. The molecule has 1 saturated heterocycles. The highest BCUT2D eigenvalue weighted by atomic mass is 19.1. The van der Waals surface area contributed by atoms with Gasteiger partial charge in [0.1, 0.15) is 11.6 Å². The summed E-state index contributed by atoms with van der Waals surface area (Å²) in [5.41, 5.74) is 3.41. The lowest BCUT2D eigenvalue weighted by Gasteiger charge is -2.35. The summed E-state index contributed by atoms with van der Waals surface area (Å²) < 4.78 is 19.9. The third kappa shape index (κ3) is 4.72. The number of nitrogens with one attached hydrogen (secondary N) is 2. The highest BCUT2D eigenvalue weighted by Gasteiger charge is 2.23. The van der Waals surface area contributed by atoms with Crippen molar-refractivity contribution in [2.24, 2.45) is 0 Å². The number of fused-ring (bicyclic) bond motifs is 1. The second-order valence-electron chi connectivity index (χ2n) is 7.96. The van der Waals surface area contributed by atoms with E-state index in [0.717, 1.165) is 36.2 Å². The molecule has 2 N–H and O–H groups in total. The van der Waals surface area contributed by atoms with Crippen LogP contribution < -0.4 is 20.3 Å². The molecule has 0 aromatic heterocycles. The normalized spacial score (nSPS) is 18.4. The Morgan fingerprint density at radius 1 is 1.27 bits per heavy atom. The number of carbonyl (C=O) groups is 2. The largest absolute Gasteiger partial charge is 0.484 e. The first-order chi connectivity index (χ1) is 14.5. The van der Waals surface area contributed by atoms with E-state index in [1.54, 1.807) is 18.2 Å². The summed E-state index contributed by atoms with van der Waals surface area (Å²) in [5, 5.41) is 5.83. The first-order valence-corrected chi connectivity index (χ1v) is 10.3. The van der Waals surface area contributed by atoms with Gasteiger partial charge in [0.05, 0.1) is 5.69 Å². The van der Waals surface area contributed by atoms with Crippen molar-refractivity contribution in [3.8, 4) is 5.75 Å². The van der Waals surface area contributed by atoms with Crippen LogP contribution in [0.1, 0.15) is 30.4 Å². The molecule has 6 nitrogen and oxygen atoms in total. The number of carbonyl (C=O) groups excluding carboxylic acids is 2. The molecule has 158 valence electrons. The van der Waals surface area contributed by atoms with Crippen LogP contribution in [-0.2, 0) is 16.0 Å². The highest BCUT2D eigenvalue weighted by molar-refractivity contribution is 5.94. The van der Waals surface area contributed by atoms with Crippen molar-refractivity contribution in [2.45, 2.75) is 38.6 Å². The molecular formula is C23H26FN3O3. The number of aryl methyl sites for hydroxylation is 2. The number of hydrogen-bond donors (Lipinski definition) is 2. The fourth-order valence-corrected chi connectivity index (χ4v) is 4.05. The lowest BCUT2D eigenvalue weighted by molar-refractivity contribution is -0.123. The minimum Gasteiger partial charge on any atom is -0.484 e. The topological polar surface area (TPSA) is 70.7 Å². The molecule has 0 aliphatic carbocycles. The lowest BCUT2D eigenvalue weighted by Crippen LogP contribution is -2.49. The van der Waals surface area contributed by atoms with E-state index in [1.807, 2.05) is 24.0 Å². The van der Waals surface area contributed by atoms with Gasteiger partial charge in [-0.25, -0.2) is 4.39 Å². The molecule has 7 heteroatoms. The van der Waals surface area contributed by atoms with Gasteiger partial charge < -0.3 is 20.3 Å². The van der Waals surface area contributed by atoms with Crippen molar-refractivity contribution in [1.29, 1.82) is 0 Å². The molecule has 1 unspecified atom stereocenters. The smallest absolute Gasteiger partial charge is 0.258 e. The molecule has 2 aromatic rings. The van der Waals surface area contributed by atoms with Crippen LogP contribution in [0.4, 0.5) is 15.8 Å². The minimum absolute atomic E-state index is 0.0163. The molecule has 0 bridgehead atoms. The molecule has 4 rings (SSSR count). The van der Waals surface area contributed by atoms with E-state index in [9.17, 15) is 14.0 Å². The van der Waals surface area contributed by atoms with Crippen LogP contribution in [0.15, 0.2) is 36.4 Å². The Morgan fingerprint density at radius 3 is 3.00 bits per heavy atom. The third-order valence-electron chi connectivity index (χ3n) is 5.57. The Labute approximate surface area is 175 Å². The van der Waals surface area contributed by atoms with Crippen LogP contribution in [0.3, 0.4) is 0 Å². The molecule has 0 radical (unpaired) electrons. The summed E-state index contributed by atoms with van der Waals surface area (Å²) in [6.07, 6.45) is 2.86. The molecular weight excluding hydrogens is 385 g/mol. The van der Waals surface area contributed by atoms with Crippen LogP contribution in [0.5, 0.6) is 5.75 Å². The standard InChI is InChI=1S/C23H26FN3O3/c1-15-4-7-19(24)21(11-15)27-10-2-3-17(13-27)25-23(29)14-30-18-6-8-20-16(12-18)5-9-22(28)26-20/h4,6-8,11-12,17H,2-3,5,9-10,13-14H2,1H3,(H,25,29)(H,26,28). The summed E-state index contributed by atoms with van der Waals surface area (Å²) in [5.74, 6) is 0.187. The molecule has 30 heavy (non-hydrogen) atoms. The maximum absolute atomic E-state index is 14.2. The van der Waals surface area contributed by atoms with Crippen LogP contribution in [0.25, 0.3) is 0 Å². The number of nitrogens with zero attached hydrogens (tertiary/aromatic N) is 1. The van der Waals surface area contributed by atoms with E-state index in [2.05, 4.69) is 10.6 Å². The van der Waals surface area contributed by atoms with E-state index in [4.69, 9.17) is 4.74 Å². The fraction of sp³-hybridized carbons (Fsp3) is 0.391. The van der Waals surface area contributed by atoms with Gasteiger partial charge >= 0.3 is 0 Å². The van der Waals surface area contributed by atoms with Gasteiger partial charge in [-0.2, -0.15) is 0 Å². The molecule has 2 aromatic carbocycles. The van der Waals surface area contributed by atoms with E-state index < -0.39 is 0 Å². The van der Waals surface area contributed by atoms with Gasteiger partial charge in [-0.05, 0) is 67.6 Å². The van der Waals surface area contributed by atoms with Crippen LogP contribution in [-0.4, -0.2) is 37.6 Å². The number of anilines is 2. The van der Waals surface area contributed by atoms with Crippen molar-refractivity contribution < 1.29 is 18.7 Å². The molecule has 2 aliphatic heterocycles. The fourth-order valence-electron chi connectivity index (χ4n) is 4.05. The van der Waals surface area contributed by atoms with Crippen LogP contribution >= 0.6 is 0 Å². The summed E-state index contributed by atoms with van der Waals surface area (Å²) in [6.45, 7) is 3.21. The predicted molar refractivity (Wildman–Crippen MR) is 113 cm³/mol. The third-order valence-corrected chi connectivity index (χ3v) is 5.57. The molecule has 0 spiro atoms. The zero-order chi connectivity index (χ0) is 21.1. The number of hydrogen-bond acceptors (Lipinski definition) is 4. The zero-order valence-electron chi connectivity index (χ0n) is 17.0. The molecule has 2 aliphatic rings. The Morgan fingerprint density at radius 2 is 2.13 bits per heavy atom. The van der Waals surface area contributed by atoms with Crippen LogP contribution in [0, 0.1) is 12.7 Å². The second-order valence-corrected chi connectivity index (χ2v) is 7.96. The van der Waals surface area contributed by atoms with Gasteiger partial charge in [-0.3, -0.25) is 9.59 Å². The summed E-state index contributed by atoms with van der Waals surface area (Å²) in [7, 11) is 0. The Hall–Kier alpha value is -3.09. The summed E-state index contributed by atoms with van der Waals surface area (Å²) in [4.78, 5) is 25.8. The van der Waals surface area contributed by atoms with Crippen molar-refractivity contribution >= 4 is 23.2 Å². The van der Waals surface area contributed by atoms with Crippen molar-refractivity contribution in [2.75, 3.05) is 29.9 Å². The molecule has 1 fully saturated rings. The van der Waals surface area contributed by atoms with Crippen LogP contribution in [0.2, 0.25) is 0 Å². The van der Waals surface area contributed by atoms with Crippen molar-refractivity contribution in [3.05, 3.63) is 53.3 Å². The van der Waals surface area contributed by atoms with Gasteiger partial charge in [-0.1, -0.05) is 6.07 Å². The monoisotopic (exact) mass is 411 g/mol. The number of rotatable bonds is 5. The molecule has 2 heterocycles. The average molecular weight is 411 g/mol. The highest BCUT2D eigenvalue weighted by Crippen LogP contribution is 2.27. The summed E-state index contributed by atoms with van der Waals surface area (Å²) >= 11 is 0. The molecule has 0 saturated carbocycles. The van der Waals surface area contributed by atoms with E-state index in [0.29, 0.717) is 30.8 Å². The second kappa shape index (κ2) is 8.73. The van der Waals surface area contributed by atoms with Gasteiger partial charge in [0.25, 0.3) is 5.91 Å². The lowest BCUT2D eigenvalue weighted by atomic mass is 10.0. The number of ether oxygens (including phenoxy) is 1. The quantitative estimate of drug-likeness (QED) is 0.793. The zero-order valence-corrected chi connectivity index (χ0v) is 17.0. The average Bonchev–Trinajstić information content (AvgIpc) is 2.74. The number of piperidine rings is 1. The van der Waals surface area contributed by atoms with Gasteiger partial charge in [0.15, 0.2) is 6.61 Å². The van der Waals surface area contributed by atoms with Gasteiger partial charge in [0.2, 0.25) is 5.91 Å². The number of benzene rings is 2. The van der Waals surface area contributed by atoms with Gasteiger partial charge in [-0.15, -0.1) is 0 Å². The minimum atomic E-state index is -0.237. The number of halogens is 1. The Bertz CT molecular complexity index is 963. The first kappa shape index (κ1) is 20.2.